The molecule has 0 aromatic heterocycles. The van der Waals surface area contributed by atoms with E-state index in [1.807, 2.05) is 0 Å². The zero-order valence-corrected chi connectivity index (χ0v) is 16.7. The van der Waals surface area contributed by atoms with Crippen LogP contribution in [0.1, 0.15) is 27.7 Å². The number of halogens is 3. The lowest BCUT2D eigenvalue weighted by molar-refractivity contribution is -0.274. The molecular weight excluding hydrogens is 411 g/mol. The normalized spacial score (nSPS) is 34.2. The monoisotopic (exact) mass is 433 g/mol. The highest BCUT2D eigenvalue weighted by atomic mass is 19.4. The summed E-state index contributed by atoms with van der Waals surface area (Å²) < 4.78 is 70.0. The fourth-order valence-corrected chi connectivity index (χ4v) is 3.78. The number of rotatable bonds is 3. The topological polar surface area (TPSA) is 84.5 Å². The Balaban J connectivity index is 1.49. The number of carbonyl (C=O) groups is 1. The van der Waals surface area contributed by atoms with Crippen molar-refractivity contribution in [2.24, 2.45) is 0 Å². The summed E-state index contributed by atoms with van der Waals surface area (Å²) in [6.45, 7) is 6.89. The fraction of sp³-hybridized carbons (Fsp3) is 0.632. The third-order valence-electron chi connectivity index (χ3n) is 4.77. The fourth-order valence-electron chi connectivity index (χ4n) is 3.78. The van der Waals surface area contributed by atoms with E-state index >= 15 is 0 Å². The van der Waals surface area contributed by atoms with Gasteiger partial charge in [0, 0.05) is 5.69 Å². The molecule has 3 aliphatic heterocycles. The van der Waals surface area contributed by atoms with Crippen molar-refractivity contribution in [1.82, 2.24) is 0 Å². The standard InChI is InChI=1S/C19H22F3NO7/c1-17(2)27-11-12(28-17)14-16(30-18(3,4)29-14)25-13(11)15(24)23-9-5-7-10(8-6-9)26-19(20,21)22/h5-8,11-14,16H,1-4H3,(H,23,24)/t11-,12+,13+,14-,16-/m1/s1. The van der Waals surface area contributed by atoms with Gasteiger partial charge >= 0.3 is 6.36 Å². The first-order chi connectivity index (χ1) is 13.8. The highest BCUT2D eigenvalue weighted by Gasteiger charge is 2.62. The lowest BCUT2D eigenvalue weighted by Gasteiger charge is -2.36. The first-order valence-corrected chi connectivity index (χ1v) is 9.35. The van der Waals surface area contributed by atoms with E-state index in [1.165, 1.54) is 12.1 Å². The predicted molar refractivity (Wildman–Crippen MR) is 94.3 cm³/mol. The summed E-state index contributed by atoms with van der Waals surface area (Å²) in [4.78, 5) is 12.9. The van der Waals surface area contributed by atoms with Gasteiger partial charge in [0.2, 0.25) is 0 Å². The van der Waals surface area contributed by atoms with Crippen LogP contribution in [0.5, 0.6) is 5.75 Å². The van der Waals surface area contributed by atoms with Gasteiger partial charge in [0.05, 0.1) is 0 Å². The van der Waals surface area contributed by atoms with Gasteiger partial charge in [-0.15, -0.1) is 13.2 Å². The van der Waals surface area contributed by atoms with Crippen molar-refractivity contribution in [2.75, 3.05) is 5.32 Å². The van der Waals surface area contributed by atoms with E-state index in [2.05, 4.69) is 10.1 Å². The first kappa shape index (κ1) is 21.3. The Kier molecular flexibility index (Phi) is 5.02. The number of nitrogens with one attached hydrogen (secondary N) is 1. The third-order valence-corrected chi connectivity index (χ3v) is 4.77. The summed E-state index contributed by atoms with van der Waals surface area (Å²) in [5.41, 5.74) is 0.263. The second-order valence-electron chi connectivity index (χ2n) is 8.15. The Bertz CT molecular complexity index is 811. The van der Waals surface area contributed by atoms with Crippen molar-refractivity contribution in [2.45, 2.75) is 76.3 Å². The molecule has 166 valence electrons. The van der Waals surface area contributed by atoms with Gasteiger partial charge < -0.3 is 33.7 Å². The highest BCUT2D eigenvalue weighted by Crippen LogP contribution is 2.44. The Labute approximate surface area is 170 Å². The number of alkyl halides is 3. The number of fused-ring (bicyclic) bond motifs is 3. The third kappa shape index (κ3) is 4.40. The van der Waals surface area contributed by atoms with Crippen LogP contribution in [0.25, 0.3) is 0 Å². The molecule has 4 rings (SSSR count). The molecule has 0 radical (unpaired) electrons. The highest BCUT2D eigenvalue weighted by molar-refractivity contribution is 5.94. The molecule has 1 aromatic rings. The van der Waals surface area contributed by atoms with Crippen LogP contribution in [-0.4, -0.2) is 54.5 Å². The smallest absolute Gasteiger partial charge is 0.406 e. The van der Waals surface area contributed by atoms with Crippen LogP contribution in [0.15, 0.2) is 24.3 Å². The molecule has 3 fully saturated rings. The first-order valence-electron chi connectivity index (χ1n) is 9.35. The largest absolute Gasteiger partial charge is 0.573 e. The summed E-state index contributed by atoms with van der Waals surface area (Å²) in [6.07, 6.45) is -8.64. The van der Waals surface area contributed by atoms with Gasteiger partial charge in [0.25, 0.3) is 5.91 Å². The van der Waals surface area contributed by atoms with Crippen molar-refractivity contribution in [3.63, 3.8) is 0 Å². The van der Waals surface area contributed by atoms with Gasteiger partial charge in [-0.05, 0) is 52.0 Å². The summed E-state index contributed by atoms with van der Waals surface area (Å²) in [5.74, 6) is -2.83. The zero-order valence-electron chi connectivity index (χ0n) is 16.7. The minimum atomic E-state index is -4.80. The maximum Gasteiger partial charge on any atom is 0.573 e. The van der Waals surface area contributed by atoms with Crippen LogP contribution >= 0.6 is 0 Å². The average Bonchev–Trinajstić information content (AvgIpc) is 3.08. The van der Waals surface area contributed by atoms with Crippen LogP contribution in [0.3, 0.4) is 0 Å². The van der Waals surface area contributed by atoms with Crippen molar-refractivity contribution in [1.29, 1.82) is 0 Å². The van der Waals surface area contributed by atoms with E-state index in [4.69, 9.17) is 23.7 Å². The minimum absolute atomic E-state index is 0.263. The Morgan fingerprint density at radius 3 is 2.13 bits per heavy atom. The number of ether oxygens (including phenoxy) is 6. The minimum Gasteiger partial charge on any atom is -0.406 e. The number of anilines is 1. The van der Waals surface area contributed by atoms with E-state index in [-0.39, 0.29) is 5.69 Å². The van der Waals surface area contributed by atoms with Gasteiger partial charge in [-0.1, -0.05) is 0 Å². The summed E-state index contributed by atoms with van der Waals surface area (Å²) >= 11 is 0. The number of carbonyl (C=O) groups excluding carboxylic acids is 1. The number of hydrogen-bond donors (Lipinski definition) is 1. The molecule has 0 aliphatic carbocycles. The Hall–Kier alpha value is -1.92. The van der Waals surface area contributed by atoms with Crippen molar-refractivity contribution >= 4 is 11.6 Å². The molecule has 3 aliphatic rings. The summed E-state index contributed by atoms with van der Waals surface area (Å²) in [6, 6.07) is 4.77. The van der Waals surface area contributed by atoms with Gasteiger partial charge in [-0.3, -0.25) is 4.79 Å². The Morgan fingerprint density at radius 2 is 1.50 bits per heavy atom. The molecule has 30 heavy (non-hydrogen) atoms. The van der Waals surface area contributed by atoms with Crippen LogP contribution in [0.4, 0.5) is 18.9 Å². The summed E-state index contributed by atoms with van der Waals surface area (Å²) in [7, 11) is 0. The van der Waals surface area contributed by atoms with Crippen molar-refractivity contribution in [3.8, 4) is 5.75 Å². The van der Waals surface area contributed by atoms with Crippen molar-refractivity contribution < 1.29 is 46.4 Å². The lowest BCUT2D eigenvalue weighted by atomic mass is 9.98. The summed E-state index contributed by atoms with van der Waals surface area (Å²) in [5, 5.41) is 2.61. The van der Waals surface area contributed by atoms with Gasteiger partial charge in [-0.2, -0.15) is 0 Å². The van der Waals surface area contributed by atoms with E-state index < -0.39 is 60.3 Å². The maximum absolute atomic E-state index is 12.9. The molecule has 0 spiro atoms. The van der Waals surface area contributed by atoms with Gasteiger partial charge in [0.15, 0.2) is 24.0 Å². The molecule has 5 atom stereocenters. The lowest BCUT2D eigenvalue weighted by Crippen LogP contribution is -2.58. The molecule has 0 bridgehead atoms. The number of amides is 1. The van der Waals surface area contributed by atoms with Gasteiger partial charge in [0.1, 0.15) is 24.1 Å². The van der Waals surface area contributed by atoms with Crippen molar-refractivity contribution in [3.05, 3.63) is 24.3 Å². The van der Waals surface area contributed by atoms with Crippen LogP contribution in [0.2, 0.25) is 0 Å². The number of benzene rings is 1. The van der Waals surface area contributed by atoms with Crippen LogP contribution < -0.4 is 10.1 Å². The molecule has 1 N–H and O–H groups in total. The molecular formula is C19H22F3NO7. The van der Waals surface area contributed by atoms with Crippen LogP contribution in [0, 0.1) is 0 Å². The molecule has 3 saturated heterocycles. The quantitative estimate of drug-likeness (QED) is 0.785. The second kappa shape index (κ2) is 7.06. The molecule has 11 heteroatoms. The van der Waals surface area contributed by atoms with E-state index in [0.717, 1.165) is 12.1 Å². The van der Waals surface area contributed by atoms with Gasteiger partial charge in [-0.25, -0.2) is 0 Å². The second-order valence-corrected chi connectivity index (χ2v) is 8.15. The van der Waals surface area contributed by atoms with E-state index in [1.54, 1.807) is 27.7 Å². The molecule has 1 aromatic carbocycles. The molecule has 3 heterocycles. The average molecular weight is 433 g/mol. The molecule has 8 nitrogen and oxygen atoms in total. The predicted octanol–water partition coefficient (Wildman–Crippen LogP) is 2.92. The maximum atomic E-state index is 12.9. The SMILES string of the molecule is CC1(C)O[C@H]2[C@@H](O1)[C@@H](C(=O)Nc1ccc(OC(F)(F)F)cc1)O[C@@H]1OC(C)(C)O[C@@H]12. The van der Waals surface area contributed by atoms with E-state index in [9.17, 15) is 18.0 Å². The number of hydrogen-bond acceptors (Lipinski definition) is 7. The van der Waals surface area contributed by atoms with E-state index in [0.29, 0.717) is 0 Å². The molecule has 1 amide bonds. The zero-order chi connectivity index (χ0) is 21.9. The molecule has 0 saturated carbocycles. The molecule has 0 unspecified atom stereocenters. The van der Waals surface area contributed by atoms with Crippen LogP contribution in [-0.2, 0) is 28.5 Å². The Morgan fingerprint density at radius 1 is 0.933 bits per heavy atom.